The zero-order valence-electron chi connectivity index (χ0n) is 8.70. The van der Waals surface area contributed by atoms with Crippen LogP contribution >= 0.6 is 0 Å². The Hall–Kier alpha value is -1.76. The number of anilines is 2. The molecule has 2 aromatic rings. The van der Waals surface area contributed by atoms with Gasteiger partial charge < -0.3 is 5.32 Å². The summed E-state index contributed by atoms with van der Waals surface area (Å²) in [6.07, 6.45) is -0.265. The molecule has 0 saturated heterocycles. The van der Waals surface area contributed by atoms with Gasteiger partial charge in [0.1, 0.15) is 0 Å². The highest BCUT2D eigenvalue weighted by molar-refractivity contribution is 5.71. The van der Waals surface area contributed by atoms with Crippen LogP contribution in [0.3, 0.4) is 0 Å². The minimum absolute atomic E-state index is 0.265. The van der Waals surface area contributed by atoms with Crippen LogP contribution < -0.4 is 5.32 Å². The third-order valence-electron chi connectivity index (χ3n) is 2.50. The van der Waals surface area contributed by atoms with Crippen LogP contribution in [0.1, 0.15) is 12.5 Å². The molecule has 0 saturated carbocycles. The standard InChI is InChI=1S/C13H11N/c1-3-7-12-10(5-1)9-11-6-2-4-8-13(11)14-12/h1-8,14H,9H2/i9D. The van der Waals surface area contributed by atoms with Gasteiger partial charge in [0.15, 0.2) is 0 Å². The minimum atomic E-state index is -0.265. The highest BCUT2D eigenvalue weighted by Crippen LogP contribution is 2.31. The maximum Gasteiger partial charge on any atom is 0.0420 e. The summed E-state index contributed by atoms with van der Waals surface area (Å²) in [6.45, 7) is 0. The van der Waals surface area contributed by atoms with Crippen LogP contribution in [0.4, 0.5) is 11.4 Å². The summed E-state index contributed by atoms with van der Waals surface area (Å²) in [6, 6.07) is 16.0. The van der Waals surface area contributed by atoms with Gasteiger partial charge in [-0.05, 0) is 23.3 Å². The maximum atomic E-state index is 8.20. The summed E-state index contributed by atoms with van der Waals surface area (Å²) in [5.41, 5.74) is 4.21. The Morgan fingerprint density at radius 2 is 1.36 bits per heavy atom. The van der Waals surface area contributed by atoms with E-state index < -0.39 is 0 Å². The number of para-hydroxylation sites is 2. The van der Waals surface area contributed by atoms with Crippen LogP contribution in [0.15, 0.2) is 48.5 Å². The van der Waals surface area contributed by atoms with Crippen molar-refractivity contribution in [2.75, 3.05) is 5.32 Å². The number of hydrogen-bond acceptors (Lipinski definition) is 1. The van der Waals surface area contributed by atoms with E-state index in [1.54, 1.807) is 0 Å². The molecule has 0 spiro atoms. The Balaban J connectivity index is 2.20. The molecular formula is C13H11N. The summed E-state index contributed by atoms with van der Waals surface area (Å²) in [5.74, 6) is 0. The van der Waals surface area contributed by atoms with Crippen molar-refractivity contribution in [2.24, 2.45) is 0 Å². The van der Waals surface area contributed by atoms with E-state index in [9.17, 15) is 0 Å². The predicted octanol–water partition coefficient (Wildman–Crippen LogP) is 3.33. The smallest absolute Gasteiger partial charge is 0.0420 e. The van der Waals surface area contributed by atoms with Crippen molar-refractivity contribution < 1.29 is 1.37 Å². The van der Waals surface area contributed by atoms with E-state index in [4.69, 9.17) is 1.37 Å². The molecule has 1 heteroatoms. The molecule has 0 unspecified atom stereocenters. The molecule has 2 aromatic carbocycles. The molecule has 1 heterocycles. The fourth-order valence-electron chi connectivity index (χ4n) is 1.79. The van der Waals surface area contributed by atoms with Crippen LogP contribution in [-0.4, -0.2) is 0 Å². The first-order chi connectivity index (χ1) is 7.36. The van der Waals surface area contributed by atoms with Gasteiger partial charge >= 0.3 is 0 Å². The SMILES string of the molecule is [2H]C1c2ccccc2Nc2ccccc21. The van der Waals surface area contributed by atoms with Gasteiger partial charge in [0.25, 0.3) is 0 Å². The summed E-state index contributed by atoms with van der Waals surface area (Å²) in [5, 5.41) is 3.35. The van der Waals surface area contributed by atoms with Gasteiger partial charge in [0.05, 0.1) is 0 Å². The average molecular weight is 182 g/mol. The highest BCUT2D eigenvalue weighted by atomic mass is 14.9. The summed E-state index contributed by atoms with van der Waals surface area (Å²) in [7, 11) is 0. The molecule has 0 atom stereocenters. The lowest BCUT2D eigenvalue weighted by atomic mass is 9.98. The van der Waals surface area contributed by atoms with Gasteiger partial charge in [-0.3, -0.25) is 0 Å². The third-order valence-corrected chi connectivity index (χ3v) is 2.50. The van der Waals surface area contributed by atoms with Crippen LogP contribution in [0.2, 0.25) is 0 Å². The van der Waals surface area contributed by atoms with Crippen molar-refractivity contribution in [1.29, 1.82) is 0 Å². The molecule has 3 rings (SSSR count). The number of hydrogen-bond donors (Lipinski definition) is 1. The van der Waals surface area contributed by atoms with Crippen LogP contribution in [0.5, 0.6) is 0 Å². The van der Waals surface area contributed by atoms with E-state index in [0.29, 0.717) is 0 Å². The Labute approximate surface area is 84.8 Å². The fourth-order valence-corrected chi connectivity index (χ4v) is 1.79. The molecule has 0 amide bonds. The first-order valence-electron chi connectivity index (χ1n) is 5.31. The summed E-state index contributed by atoms with van der Waals surface area (Å²) < 4.78 is 8.20. The molecule has 1 aliphatic rings. The van der Waals surface area contributed by atoms with E-state index in [0.717, 1.165) is 22.5 Å². The van der Waals surface area contributed by atoms with E-state index in [2.05, 4.69) is 5.32 Å². The van der Waals surface area contributed by atoms with E-state index >= 15 is 0 Å². The lowest BCUT2D eigenvalue weighted by molar-refractivity contribution is 1.16. The van der Waals surface area contributed by atoms with Crippen LogP contribution in [0.25, 0.3) is 0 Å². The quantitative estimate of drug-likeness (QED) is 0.659. The molecule has 0 aliphatic carbocycles. The monoisotopic (exact) mass is 182 g/mol. The fraction of sp³-hybridized carbons (Fsp3) is 0.0769. The Bertz CT molecular complexity index is 462. The van der Waals surface area contributed by atoms with Gasteiger partial charge in [0, 0.05) is 19.1 Å². The molecule has 68 valence electrons. The van der Waals surface area contributed by atoms with Crippen molar-refractivity contribution in [2.45, 2.75) is 6.40 Å². The summed E-state index contributed by atoms with van der Waals surface area (Å²) in [4.78, 5) is 0. The zero-order chi connectivity index (χ0) is 10.3. The molecule has 14 heavy (non-hydrogen) atoms. The van der Waals surface area contributed by atoms with Gasteiger partial charge in [-0.15, -0.1) is 0 Å². The van der Waals surface area contributed by atoms with Crippen LogP contribution in [-0.2, 0) is 6.40 Å². The molecule has 1 nitrogen and oxygen atoms in total. The second-order valence-corrected chi connectivity index (χ2v) is 3.44. The third kappa shape index (κ3) is 1.10. The second kappa shape index (κ2) is 2.88. The highest BCUT2D eigenvalue weighted by Gasteiger charge is 2.12. The van der Waals surface area contributed by atoms with Crippen molar-refractivity contribution >= 4 is 11.4 Å². The van der Waals surface area contributed by atoms with E-state index in [1.165, 1.54) is 0 Å². The van der Waals surface area contributed by atoms with Crippen molar-refractivity contribution in [3.8, 4) is 0 Å². The molecule has 1 N–H and O–H groups in total. The second-order valence-electron chi connectivity index (χ2n) is 3.44. The largest absolute Gasteiger partial charge is 0.355 e. The maximum absolute atomic E-state index is 8.20. The van der Waals surface area contributed by atoms with Gasteiger partial charge in [-0.25, -0.2) is 0 Å². The van der Waals surface area contributed by atoms with Gasteiger partial charge in [-0.2, -0.15) is 0 Å². The van der Waals surface area contributed by atoms with Crippen molar-refractivity contribution in [3.05, 3.63) is 59.7 Å². The molecule has 0 bridgehead atoms. The Morgan fingerprint density at radius 1 is 0.857 bits per heavy atom. The lowest BCUT2D eigenvalue weighted by Gasteiger charge is -2.20. The first-order valence-corrected chi connectivity index (χ1v) is 4.73. The number of fused-ring (bicyclic) bond motifs is 2. The number of nitrogens with one attached hydrogen (secondary N) is 1. The molecule has 0 aromatic heterocycles. The van der Waals surface area contributed by atoms with Crippen molar-refractivity contribution in [3.63, 3.8) is 0 Å². The topological polar surface area (TPSA) is 12.0 Å². The first kappa shape index (κ1) is 6.66. The molecule has 0 fully saturated rings. The van der Waals surface area contributed by atoms with Gasteiger partial charge in [-0.1, -0.05) is 36.4 Å². The van der Waals surface area contributed by atoms with E-state index in [1.807, 2.05) is 48.5 Å². The lowest BCUT2D eigenvalue weighted by Crippen LogP contribution is -2.05. The Kier molecular flexibility index (Phi) is 1.37. The van der Waals surface area contributed by atoms with Gasteiger partial charge in [0.2, 0.25) is 0 Å². The average Bonchev–Trinajstić information content (AvgIpc) is 2.30. The van der Waals surface area contributed by atoms with Crippen molar-refractivity contribution in [1.82, 2.24) is 0 Å². The molecule has 0 radical (unpaired) electrons. The van der Waals surface area contributed by atoms with Crippen LogP contribution in [0, 0.1) is 0 Å². The number of benzene rings is 2. The normalized spacial score (nSPS) is 15.0. The molecular weight excluding hydrogens is 170 g/mol. The predicted molar refractivity (Wildman–Crippen MR) is 59.0 cm³/mol. The molecule has 1 aliphatic heterocycles. The van der Waals surface area contributed by atoms with E-state index in [-0.39, 0.29) is 6.40 Å². The minimum Gasteiger partial charge on any atom is -0.355 e. The Morgan fingerprint density at radius 3 is 1.93 bits per heavy atom. The number of rotatable bonds is 0. The summed E-state index contributed by atoms with van der Waals surface area (Å²) >= 11 is 0. The zero-order valence-corrected chi connectivity index (χ0v) is 7.70.